The van der Waals surface area contributed by atoms with Gasteiger partial charge in [0.15, 0.2) is 0 Å². The molecule has 30 heavy (non-hydrogen) atoms. The molecule has 0 radical (unpaired) electrons. The Morgan fingerprint density at radius 1 is 1.00 bits per heavy atom. The summed E-state index contributed by atoms with van der Waals surface area (Å²) in [6.45, 7) is 6.01. The van der Waals surface area contributed by atoms with Gasteiger partial charge in [0.2, 0.25) is 15.9 Å². The van der Waals surface area contributed by atoms with E-state index in [1.54, 1.807) is 0 Å². The molecule has 1 saturated heterocycles. The zero-order valence-electron chi connectivity index (χ0n) is 18.0. The Labute approximate surface area is 179 Å². The van der Waals surface area contributed by atoms with Gasteiger partial charge in [0.05, 0.1) is 11.9 Å². The largest absolute Gasteiger partial charge is 0.372 e. The molecule has 3 rings (SSSR count). The summed E-state index contributed by atoms with van der Waals surface area (Å²) in [5, 5.41) is 2.85. The smallest absolute Gasteiger partial charge is 0.241 e. The number of nitrogens with zero attached hydrogens (tertiary/aromatic N) is 2. The maximum atomic E-state index is 12.6. The monoisotopic (exact) mass is 429 g/mol. The Bertz CT molecular complexity index is 961. The van der Waals surface area contributed by atoms with Crippen LogP contribution in [0.4, 0.5) is 11.4 Å². The third-order valence-electron chi connectivity index (χ3n) is 5.52. The second-order valence-corrected chi connectivity index (χ2v) is 9.91. The van der Waals surface area contributed by atoms with Gasteiger partial charge in [-0.1, -0.05) is 30.3 Å². The highest BCUT2D eigenvalue weighted by atomic mass is 32.2. The summed E-state index contributed by atoms with van der Waals surface area (Å²) < 4.78 is 25.9. The number of anilines is 2. The molecular weight excluding hydrogens is 398 g/mol. The van der Waals surface area contributed by atoms with E-state index in [0.717, 1.165) is 36.0 Å². The van der Waals surface area contributed by atoms with Crippen LogP contribution in [0.1, 0.15) is 36.0 Å². The molecule has 0 unspecified atom stereocenters. The molecule has 2 aromatic rings. The Balaban J connectivity index is 1.63. The number of carbonyl (C=O) groups is 1. The topological polar surface area (TPSA) is 69.7 Å². The van der Waals surface area contributed by atoms with E-state index < -0.39 is 10.0 Å². The van der Waals surface area contributed by atoms with Crippen molar-refractivity contribution < 1.29 is 13.2 Å². The van der Waals surface area contributed by atoms with Crippen molar-refractivity contribution in [2.75, 3.05) is 35.1 Å². The van der Waals surface area contributed by atoms with Gasteiger partial charge in [0.1, 0.15) is 6.54 Å². The van der Waals surface area contributed by atoms with Gasteiger partial charge in [0.25, 0.3) is 0 Å². The number of benzene rings is 2. The van der Waals surface area contributed by atoms with Crippen LogP contribution in [0.25, 0.3) is 0 Å². The third kappa shape index (κ3) is 5.53. The SMILES string of the molecule is Cc1cccc(C)c1N(CC(=O)NCc1ccc(N2CCCCC2)cc1)S(C)(=O)=O. The van der Waals surface area contributed by atoms with Gasteiger partial charge < -0.3 is 10.2 Å². The zero-order valence-corrected chi connectivity index (χ0v) is 18.8. The highest BCUT2D eigenvalue weighted by Gasteiger charge is 2.23. The van der Waals surface area contributed by atoms with Gasteiger partial charge >= 0.3 is 0 Å². The zero-order chi connectivity index (χ0) is 21.7. The van der Waals surface area contributed by atoms with E-state index >= 15 is 0 Å². The molecule has 162 valence electrons. The van der Waals surface area contributed by atoms with Crippen LogP contribution in [0.15, 0.2) is 42.5 Å². The second-order valence-electron chi connectivity index (χ2n) is 8.00. The molecule has 1 amide bonds. The molecule has 0 atom stereocenters. The highest BCUT2D eigenvalue weighted by Crippen LogP contribution is 2.26. The lowest BCUT2D eigenvalue weighted by Gasteiger charge is -2.29. The summed E-state index contributed by atoms with van der Waals surface area (Å²) in [4.78, 5) is 14.9. The fourth-order valence-electron chi connectivity index (χ4n) is 3.92. The number of hydrogen-bond acceptors (Lipinski definition) is 4. The number of rotatable bonds is 7. The average Bonchev–Trinajstić information content (AvgIpc) is 2.72. The van der Waals surface area contributed by atoms with E-state index in [4.69, 9.17) is 0 Å². The number of para-hydroxylation sites is 1. The number of aryl methyl sites for hydroxylation is 2. The summed E-state index contributed by atoms with van der Waals surface area (Å²) in [6, 6.07) is 13.8. The maximum Gasteiger partial charge on any atom is 0.241 e. The maximum absolute atomic E-state index is 12.6. The molecule has 0 spiro atoms. The van der Waals surface area contributed by atoms with Gasteiger partial charge in [-0.2, -0.15) is 0 Å². The Morgan fingerprint density at radius 3 is 2.17 bits per heavy atom. The van der Waals surface area contributed by atoms with Crippen LogP contribution in [0.2, 0.25) is 0 Å². The number of piperidine rings is 1. The van der Waals surface area contributed by atoms with Crippen LogP contribution in [-0.2, 0) is 21.4 Å². The Morgan fingerprint density at radius 2 is 1.60 bits per heavy atom. The van der Waals surface area contributed by atoms with Crippen molar-refractivity contribution in [2.24, 2.45) is 0 Å². The van der Waals surface area contributed by atoms with E-state index in [9.17, 15) is 13.2 Å². The van der Waals surface area contributed by atoms with Crippen molar-refractivity contribution in [1.82, 2.24) is 5.32 Å². The first-order valence-electron chi connectivity index (χ1n) is 10.4. The predicted octanol–water partition coefficient (Wildman–Crippen LogP) is 3.38. The van der Waals surface area contributed by atoms with Gasteiger partial charge in [-0.05, 0) is 61.9 Å². The van der Waals surface area contributed by atoms with Crippen LogP contribution in [-0.4, -0.2) is 40.2 Å². The molecule has 7 heteroatoms. The third-order valence-corrected chi connectivity index (χ3v) is 6.64. The fourth-order valence-corrected chi connectivity index (χ4v) is 4.90. The van der Waals surface area contributed by atoms with E-state index in [2.05, 4.69) is 22.3 Å². The van der Waals surface area contributed by atoms with Crippen LogP contribution in [0.3, 0.4) is 0 Å². The van der Waals surface area contributed by atoms with Crippen LogP contribution in [0.5, 0.6) is 0 Å². The molecule has 0 aromatic heterocycles. The summed E-state index contributed by atoms with van der Waals surface area (Å²) >= 11 is 0. The number of carbonyl (C=O) groups excluding carboxylic acids is 1. The number of amides is 1. The molecule has 1 N–H and O–H groups in total. The summed E-state index contributed by atoms with van der Waals surface area (Å²) in [6.07, 6.45) is 4.89. The minimum Gasteiger partial charge on any atom is -0.372 e. The summed E-state index contributed by atoms with van der Waals surface area (Å²) in [5.41, 5.74) is 4.41. The Kier molecular flexibility index (Phi) is 7.02. The number of hydrogen-bond donors (Lipinski definition) is 1. The molecule has 0 saturated carbocycles. The van der Waals surface area contributed by atoms with E-state index in [1.807, 2.05) is 44.2 Å². The second kappa shape index (κ2) is 9.51. The standard InChI is InChI=1S/C23H31N3O3S/c1-18-8-7-9-19(2)23(18)26(30(3,28)29)17-22(27)24-16-20-10-12-21(13-11-20)25-14-5-4-6-15-25/h7-13H,4-6,14-17H2,1-3H3,(H,24,27). The van der Waals surface area contributed by atoms with Crippen molar-refractivity contribution in [1.29, 1.82) is 0 Å². The molecular formula is C23H31N3O3S. The Hall–Kier alpha value is -2.54. The first-order valence-corrected chi connectivity index (χ1v) is 12.2. The normalized spacial score (nSPS) is 14.4. The first kappa shape index (κ1) is 22.2. The summed E-state index contributed by atoms with van der Waals surface area (Å²) in [5.74, 6) is -0.330. The lowest BCUT2D eigenvalue weighted by atomic mass is 10.1. The molecule has 0 bridgehead atoms. The quantitative estimate of drug-likeness (QED) is 0.733. The van der Waals surface area contributed by atoms with Gasteiger partial charge in [-0.25, -0.2) is 8.42 Å². The van der Waals surface area contributed by atoms with E-state index in [0.29, 0.717) is 12.2 Å². The molecule has 1 aliphatic rings. The molecule has 1 fully saturated rings. The van der Waals surface area contributed by atoms with E-state index in [-0.39, 0.29) is 12.5 Å². The van der Waals surface area contributed by atoms with Crippen LogP contribution in [0, 0.1) is 13.8 Å². The lowest BCUT2D eigenvalue weighted by Crippen LogP contribution is -2.40. The molecule has 1 aliphatic heterocycles. The van der Waals surface area contributed by atoms with Gasteiger partial charge in [-0.3, -0.25) is 9.10 Å². The first-order chi connectivity index (χ1) is 14.3. The van der Waals surface area contributed by atoms with Crippen molar-refractivity contribution in [3.8, 4) is 0 Å². The van der Waals surface area contributed by atoms with E-state index in [1.165, 1.54) is 29.3 Å². The summed E-state index contributed by atoms with van der Waals surface area (Å²) in [7, 11) is -3.59. The molecule has 6 nitrogen and oxygen atoms in total. The average molecular weight is 430 g/mol. The van der Waals surface area contributed by atoms with Crippen molar-refractivity contribution in [3.63, 3.8) is 0 Å². The molecule has 1 heterocycles. The molecule has 0 aliphatic carbocycles. The van der Waals surface area contributed by atoms with Gasteiger partial charge in [-0.15, -0.1) is 0 Å². The predicted molar refractivity (Wildman–Crippen MR) is 122 cm³/mol. The van der Waals surface area contributed by atoms with Crippen molar-refractivity contribution >= 4 is 27.3 Å². The van der Waals surface area contributed by atoms with Crippen molar-refractivity contribution in [2.45, 2.75) is 39.7 Å². The number of sulfonamides is 1. The minimum atomic E-state index is -3.59. The van der Waals surface area contributed by atoms with Gasteiger partial charge in [0, 0.05) is 25.3 Å². The van der Waals surface area contributed by atoms with Crippen molar-refractivity contribution in [3.05, 3.63) is 59.2 Å². The van der Waals surface area contributed by atoms with Crippen LogP contribution >= 0.6 is 0 Å². The lowest BCUT2D eigenvalue weighted by molar-refractivity contribution is -0.119. The fraction of sp³-hybridized carbons (Fsp3) is 0.435. The number of nitrogens with one attached hydrogen (secondary N) is 1. The highest BCUT2D eigenvalue weighted by molar-refractivity contribution is 7.92. The van der Waals surface area contributed by atoms with Crippen LogP contribution < -0.4 is 14.5 Å². The molecule has 2 aromatic carbocycles. The minimum absolute atomic E-state index is 0.240.